The van der Waals surface area contributed by atoms with Crippen molar-refractivity contribution in [3.05, 3.63) is 57.8 Å². The maximum atomic E-state index is 14.0. The molecular formula is C18H16FI2N5O3S. The first kappa shape index (κ1) is 22.9. The number of carbonyl (C=O) groups is 1. The third-order valence-corrected chi connectivity index (χ3v) is 8.84. The fourth-order valence-electron chi connectivity index (χ4n) is 2.30. The molecule has 1 aliphatic heterocycles. The van der Waals surface area contributed by atoms with Crippen molar-refractivity contribution in [2.75, 3.05) is 17.7 Å². The van der Waals surface area contributed by atoms with Gasteiger partial charge in [0.25, 0.3) is 0 Å². The highest BCUT2D eigenvalue weighted by molar-refractivity contribution is 14.2. The standard InChI is InChI=1S/C18H16FI2N5O3S/c1-2-29-18(27)26-30(20,28)10-12-9-13(7-8-21-12)24-17-23-11-22-16(25-17)14-5-3-4-6-15(14)19/h3-9,11H,2,10H2,1H3,(H,22,23,24,25). The predicted octanol–water partition coefficient (Wildman–Crippen LogP) is 4.62. The van der Waals surface area contributed by atoms with Crippen molar-refractivity contribution >= 4 is 64.9 Å². The summed E-state index contributed by atoms with van der Waals surface area (Å²) < 4.78 is 37.9. The predicted molar refractivity (Wildman–Crippen MR) is 132 cm³/mol. The van der Waals surface area contributed by atoms with Crippen LogP contribution in [0.25, 0.3) is 11.4 Å². The van der Waals surface area contributed by atoms with Crippen LogP contribution in [0.15, 0.2) is 56.4 Å². The number of amides is 1. The third-order valence-electron chi connectivity index (χ3n) is 3.50. The molecule has 0 radical (unpaired) electrons. The molecule has 0 saturated heterocycles. The highest BCUT2D eigenvalue weighted by Gasteiger charge is 2.14. The minimum Gasteiger partial charge on any atom is -0.448 e. The molecule has 0 fully saturated rings. The third kappa shape index (κ3) is 6.60. The number of ether oxygens (including phenoxy) is 1. The summed E-state index contributed by atoms with van der Waals surface area (Å²) in [6.45, 7) is -0.938. The highest BCUT2D eigenvalue weighted by atomic mass is 127. The lowest BCUT2D eigenvalue weighted by Crippen LogP contribution is -2.08. The van der Waals surface area contributed by atoms with Gasteiger partial charge in [-0.05, 0) is 35.2 Å². The van der Waals surface area contributed by atoms with Crippen molar-refractivity contribution in [1.29, 1.82) is 0 Å². The number of carbonyl (C=O) groups excluding carboxylic acids is 1. The fraction of sp³-hybridized carbons (Fsp3) is 0.167. The SMILES string of the molecule is CCOC(=O)N=S(=O)(I)CC1=CC(Nc2ncnc(-c3ccccc3F)n2)=CC=I1. The van der Waals surface area contributed by atoms with Gasteiger partial charge in [0, 0.05) is 30.5 Å². The van der Waals surface area contributed by atoms with E-state index in [1.54, 1.807) is 46.3 Å². The molecule has 1 aliphatic rings. The number of nitrogens with zero attached hydrogens (tertiary/aromatic N) is 4. The molecule has 1 aromatic heterocycles. The normalized spacial score (nSPS) is 15.2. The summed E-state index contributed by atoms with van der Waals surface area (Å²) in [6.07, 6.45) is 4.20. The Bertz CT molecular complexity index is 1180. The van der Waals surface area contributed by atoms with Crippen molar-refractivity contribution < 1.29 is 18.1 Å². The second-order valence-corrected chi connectivity index (χ2v) is 14.1. The zero-order valence-electron chi connectivity index (χ0n) is 15.6. The maximum absolute atomic E-state index is 14.0. The van der Waals surface area contributed by atoms with Crippen LogP contribution in [0.4, 0.5) is 15.1 Å². The summed E-state index contributed by atoms with van der Waals surface area (Å²) in [5.41, 5.74) is 0.962. The van der Waals surface area contributed by atoms with Crippen LogP contribution < -0.4 is 5.32 Å². The second kappa shape index (κ2) is 10.5. The first-order valence-corrected chi connectivity index (χ1v) is 15.1. The van der Waals surface area contributed by atoms with Crippen molar-refractivity contribution in [1.82, 2.24) is 15.0 Å². The summed E-state index contributed by atoms with van der Waals surface area (Å²) >= 11 is 1.21. The van der Waals surface area contributed by atoms with E-state index < -0.39 is 39.5 Å². The maximum Gasteiger partial charge on any atom is 0.442 e. The Hall–Kier alpha value is -1.81. The van der Waals surface area contributed by atoms with Gasteiger partial charge in [0.1, 0.15) is 19.0 Å². The average Bonchev–Trinajstić information content (AvgIpc) is 2.68. The monoisotopic (exact) mass is 655 g/mol. The molecule has 0 bridgehead atoms. The number of nitrogens with one attached hydrogen (secondary N) is 1. The van der Waals surface area contributed by atoms with E-state index in [2.05, 4.69) is 24.6 Å². The number of hydrogen-bond donors (Lipinski definition) is 1. The van der Waals surface area contributed by atoms with Crippen molar-refractivity contribution in [3.63, 3.8) is 0 Å². The number of allylic oxidation sites excluding steroid dienone is 2. The molecule has 2 heterocycles. The van der Waals surface area contributed by atoms with Crippen LogP contribution >= 0.6 is 41.9 Å². The van der Waals surface area contributed by atoms with Crippen LogP contribution in [-0.2, 0) is 11.6 Å². The van der Waals surface area contributed by atoms with Crippen molar-refractivity contribution in [3.8, 4) is 11.4 Å². The molecule has 2 aromatic rings. The largest absolute Gasteiger partial charge is 0.448 e. The second-order valence-electron chi connectivity index (χ2n) is 5.68. The molecule has 3 rings (SSSR count). The van der Waals surface area contributed by atoms with E-state index in [-0.39, 0.29) is 29.7 Å². The number of benzene rings is 1. The fourth-order valence-corrected chi connectivity index (χ4v) is 9.75. The number of rotatable bonds is 6. The van der Waals surface area contributed by atoms with E-state index in [0.717, 1.165) is 3.58 Å². The van der Waals surface area contributed by atoms with Crippen molar-refractivity contribution in [2.45, 2.75) is 6.92 Å². The van der Waals surface area contributed by atoms with Crippen molar-refractivity contribution in [2.24, 2.45) is 4.36 Å². The van der Waals surface area contributed by atoms with Gasteiger partial charge in [-0.3, -0.25) is 0 Å². The lowest BCUT2D eigenvalue weighted by molar-refractivity contribution is 0.164. The summed E-state index contributed by atoms with van der Waals surface area (Å²) in [6, 6.07) is 6.23. The van der Waals surface area contributed by atoms with Crippen LogP contribution in [-0.4, -0.2) is 41.6 Å². The summed E-state index contributed by atoms with van der Waals surface area (Å²) in [5.74, 6) is 0.206. The van der Waals surface area contributed by atoms with Gasteiger partial charge in [-0.15, -0.1) is 4.36 Å². The zero-order chi connectivity index (χ0) is 21.6. The van der Waals surface area contributed by atoms with Crippen LogP contribution in [0, 0.1) is 5.82 Å². The molecule has 158 valence electrons. The zero-order valence-corrected chi connectivity index (χ0v) is 20.7. The molecule has 8 nitrogen and oxygen atoms in total. The Morgan fingerprint density at radius 3 is 2.93 bits per heavy atom. The van der Waals surface area contributed by atoms with Gasteiger partial charge < -0.3 is 10.1 Å². The summed E-state index contributed by atoms with van der Waals surface area (Å²) in [7, 11) is 0. The van der Waals surface area contributed by atoms with Gasteiger partial charge in [0.2, 0.25) is 5.95 Å². The van der Waals surface area contributed by atoms with E-state index in [1.807, 2.05) is 16.2 Å². The van der Waals surface area contributed by atoms with E-state index in [0.29, 0.717) is 5.70 Å². The number of halogens is 3. The Morgan fingerprint density at radius 2 is 2.17 bits per heavy atom. The minimum absolute atomic E-state index is 0.160. The molecule has 30 heavy (non-hydrogen) atoms. The van der Waals surface area contributed by atoms with Gasteiger partial charge in [0.15, 0.2) is 5.82 Å². The first-order valence-electron chi connectivity index (χ1n) is 8.56. The molecule has 1 N–H and O–H groups in total. The number of aromatic nitrogens is 3. The Labute approximate surface area is 195 Å². The lowest BCUT2D eigenvalue weighted by atomic mass is 10.2. The summed E-state index contributed by atoms with van der Waals surface area (Å²) in [4.78, 5) is 23.9. The molecule has 0 spiro atoms. The van der Waals surface area contributed by atoms with Crippen LogP contribution in [0.5, 0.6) is 0 Å². The molecule has 1 aromatic carbocycles. The Balaban J connectivity index is 1.76. The van der Waals surface area contributed by atoms with Gasteiger partial charge in [0.05, 0.1) is 17.9 Å². The number of hydrogen-bond acceptors (Lipinski definition) is 7. The minimum atomic E-state index is -2.77. The van der Waals surface area contributed by atoms with Gasteiger partial charge in [-0.2, -0.15) is 4.98 Å². The topological polar surface area (TPSA) is 106 Å². The Morgan fingerprint density at radius 1 is 1.37 bits per heavy atom. The van der Waals surface area contributed by atoms with Crippen LogP contribution in [0.1, 0.15) is 6.92 Å². The molecule has 1 amide bonds. The molecule has 12 heteroatoms. The number of anilines is 1. The van der Waals surface area contributed by atoms with E-state index >= 15 is 0 Å². The lowest BCUT2D eigenvalue weighted by Gasteiger charge is -2.11. The quantitative estimate of drug-likeness (QED) is 0.358. The summed E-state index contributed by atoms with van der Waals surface area (Å²) in [5, 5.41) is 3.06. The molecule has 0 aliphatic carbocycles. The average molecular weight is 655 g/mol. The first-order chi connectivity index (χ1) is 14.4. The van der Waals surface area contributed by atoms with Crippen LogP contribution in [0.2, 0.25) is 0 Å². The Kier molecular flexibility index (Phi) is 7.99. The van der Waals surface area contributed by atoms with E-state index in [9.17, 15) is 13.4 Å². The molecule has 1 unspecified atom stereocenters. The highest BCUT2D eigenvalue weighted by Crippen LogP contribution is 2.26. The van der Waals surface area contributed by atoms with Gasteiger partial charge >= 0.3 is 6.09 Å². The van der Waals surface area contributed by atoms with Crippen LogP contribution in [0.3, 0.4) is 0 Å². The van der Waals surface area contributed by atoms with Gasteiger partial charge in [-0.25, -0.2) is 23.4 Å². The molecular weight excluding hydrogens is 639 g/mol. The van der Waals surface area contributed by atoms with E-state index in [4.69, 9.17) is 4.74 Å². The molecule has 0 saturated carbocycles. The van der Waals surface area contributed by atoms with Gasteiger partial charge in [-0.1, -0.05) is 32.9 Å². The molecule has 1 atom stereocenters. The smallest absolute Gasteiger partial charge is 0.442 e. The van der Waals surface area contributed by atoms with E-state index in [1.165, 1.54) is 12.4 Å².